The number of amides is 10. The molecule has 0 aromatic heterocycles. The summed E-state index contributed by atoms with van der Waals surface area (Å²) in [5, 5.41) is 0. The molecular weight excluding hydrogens is 1940 g/mol. The Labute approximate surface area is 894 Å². The van der Waals surface area contributed by atoms with E-state index in [9.17, 15) is 67.1 Å². The minimum atomic E-state index is -1.39. The zero-order chi connectivity index (χ0) is 109. The van der Waals surface area contributed by atoms with Crippen molar-refractivity contribution < 1.29 is 94.7 Å². The first-order chi connectivity index (χ1) is 72.0. The number of Topliss-reactive ketones (excluding diaryl/α,β-unsaturated/α-hetero) is 2. The summed E-state index contributed by atoms with van der Waals surface area (Å²) in [5.74, 6) is -2.16. The number of ketones is 2. The summed E-state index contributed by atoms with van der Waals surface area (Å²) >= 11 is 0. The van der Waals surface area contributed by atoms with Crippen LogP contribution < -0.4 is 0 Å². The molecule has 8 aliphatic heterocycles. The lowest BCUT2D eigenvalue weighted by Crippen LogP contribution is -2.52. The third kappa shape index (κ3) is 36.2. The summed E-state index contributed by atoms with van der Waals surface area (Å²) in [7, 11) is -2.65. The van der Waals surface area contributed by atoms with Crippen LogP contribution in [0, 0.1) is 13.1 Å². The van der Waals surface area contributed by atoms with Crippen molar-refractivity contribution in [3.05, 3.63) is 164 Å². The first kappa shape index (κ1) is 124. The molecule has 0 spiro atoms. The van der Waals surface area contributed by atoms with Gasteiger partial charge in [0.05, 0.1) is 81.6 Å². The molecule has 0 bridgehead atoms. The lowest BCUT2D eigenvalue weighted by atomic mass is 9.87. The average molecular weight is 2110 g/mol. The summed E-state index contributed by atoms with van der Waals surface area (Å²) in [6.07, 6.45) is 27.9. The van der Waals surface area contributed by atoms with Crippen LogP contribution in [0.4, 0.5) is 0 Å². The van der Waals surface area contributed by atoms with Gasteiger partial charge in [-0.05, 0) is 272 Å². The van der Waals surface area contributed by atoms with Crippen molar-refractivity contribution >= 4 is 99.6 Å². The normalized spacial score (nSPS) is 20.1. The van der Waals surface area contributed by atoms with Gasteiger partial charge in [0, 0.05) is 102 Å². The Hall–Kier alpha value is -9.82. The molecule has 12 rings (SSSR count). The van der Waals surface area contributed by atoms with Gasteiger partial charge in [-0.15, -0.1) is 0 Å². The second-order valence-electron chi connectivity index (χ2n) is 42.6. The van der Waals surface area contributed by atoms with E-state index in [0.29, 0.717) is 162 Å². The average Bonchev–Trinajstić information content (AvgIpc) is 1.64. The van der Waals surface area contributed by atoms with Gasteiger partial charge in [0.25, 0.3) is 64.3 Å². The van der Waals surface area contributed by atoms with E-state index in [1.165, 1.54) is 33.4 Å². The Morgan fingerprint density at radius 2 is 0.580 bits per heavy atom. The number of nitrogens with zero attached hydrogens (tertiary/aromatic N) is 12. The number of carbonyl (C=O) groups is 14. The van der Waals surface area contributed by atoms with Crippen LogP contribution in [-0.2, 0) is 56.3 Å². The van der Waals surface area contributed by atoms with Crippen molar-refractivity contribution in [3.63, 3.8) is 0 Å². The molecule has 8 aliphatic rings. The fourth-order valence-electron chi connectivity index (χ4n) is 22.0. The van der Waals surface area contributed by atoms with E-state index in [4.69, 9.17) is 40.7 Å². The number of imide groups is 4. The van der Waals surface area contributed by atoms with Crippen molar-refractivity contribution in [1.82, 2.24) is 48.5 Å². The molecule has 10 amide bonds. The first-order valence-corrected chi connectivity index (χ1v) is 57.9. The van der Waals surface area contributed by atoms with Gasteiger partial charge in [-0.3, -0.25) is 82.0 Å². The number of unbranched alkanes of at least 4 members (excludes halogenated alkanes) is 10. The molecule has 32 nitrogen and oxygen atoms in total. The quantitative estimate of drug-likeness (QED) is 0.0130. The highest BCUT2D eigenvalue weighted by molar-refractivity contribution is 7.45. The van der Waals surface area contributed by atoms with Crippen LogP contribution >= 0.6 is 17.1 Å². The van der Waals surface area contributed by atoms with Crippen LogP contribution in [0.25, 0.3) is 9.69 Å². The van der Waals surface area contributed by atoms with Gasteiger partial charge in [0.2, 0.25) is 24.9 Å². The molecule has 150 heavy (non-hydrogen) atoms. The van der Waals surface area contributed by atoms with Crippen LogP contribution in [0.1, 0.15) is 411 Å². The maximum atomic E-state index is 13.3. The Bertz CT molecular complexity index is 5070. The summed E-state index contributed by atoms with van der Waals surface area (Å²) in [4.78, 5) is 194. The van der Waals surface area contributed by atoms with Crippen LogP contribution in [0.3, 0.4) is 0 Å². The molecule has 4 fully saturated rings. The fraction of sp³-hybridized carbons (Fsp3) is 0.655. The van der Waals surface area contributed by atoms with E-state index < -0.39 is 33.9 Å². The number of fused-ring (bicyclic) bond motifs is 4. The monoisotopic (exact) mass is 2110 g/mol. The summed E-state index contributed by atoms with van der Waals surface area (Å²) in [6.45, 7) is 54.1. The van der Waals surface area contributed by atoms with Crippen LogP contribution in [0.2, 0.25) is 0 Å². The number of esters is 2. The zero-order valence-corrected chi connectivity index (χ0v) is 93.9. The highest BCUT2D eigenvalue weighted by atomic mass is 31.2. The zero-order valence-electron chi connectivity index (χ0n) is 92.2. The molecule has 8 heterocycles. The number of piperidine rings is 4. The minimum Gasteiger partial charge on any atom is -0.458 e. The van der Waals surface area contributed by atoms with Crippen LogP contribution in [-0.4, -0.2) is 296 Å². The second kappa shape index (κ2) is 62.5. The van der Waals surface area contributed by atoms with E-state index in [1.54, 1.807) is 89.8 Å². The Balaban J connectivity index is 0.000000223. The minimum absolute atomic E-state index is 0.00904. The molecule has 4 aromatic carbocycles. The van der Waals surface area contributed by atoms with E-state index in [2.05, 4.69) is 105 Å². The molecule has 6 atom stereocenters. The fourth-order valence-corrected chi connectivity index (χ4v) is 25.7. The van der Waals surface area contributed by atoms with Gasteiger partial charge in [0.1, 0.15) is 36.0 Å². The molecule has 4 aromatic rings. The highest BCUT2D eigenvalue weighted by Crippen LogP contribution is 2.54. The molecule has 34 heteroatoms. The van der Waals surface area contributed by atoms with Crippen molar-refractivity contribution in [2.75, 3.05) is 118 Å². The van der Waals surface area contributed by atoms with E-state index in [1.807, 2.05) is 24.0 Å². The van der Waals surface area contributed by atoms with Crippen molar-refractivity contribution in [1.29, 1.82) is 0 Å². The summed E-state index contributed by atoms with van der Waals surface area (Å²) in [5.41, 5.74) is 2.11. The van der Waals surface area contributed by atoms with E-state index >= 15 is 0 Å². The molecule has 0 radical (unpaired) electrons. The number of hydrogen-bond acceptors (Lipinski definition) is 24. The number of likely N-dealkylation sites (tertiary alicyclic amines) is 4. The van der Waals surface area contributed by atoms with Gasteiger partial charge >= 0.3 is 11.9 Å². The largest absolute Gasteiger partial charge is 0.458 e. The van der Waals surface area contributed by atoms with Crippen molar-refractivity contribution in [2.24, 2.45) is 0 Å². The number of rotatable bonds is 58. The Morgan fingerprint density at radius 1 is 0.333 bits per heavy atom. The predicted octanol–water partition coefficient (Wildman–Crippen LogP) is 21.4. The van der Waals surface area contributed by atoms with E-state index in [-0.39, 0.29) is 138 Å². The van der Waals surface area contributed by atoms with Gasteiger partial charge in [-0.1, -0.05) is 140 Å². The Morgan fingerprint density at radius 3 is 0.860 bits per heavy atom. The van der Waals surface area contributed by atoms with E-state index in [0.717, 1.165) is 206 Å². The third-order valence-electron chi connectivity index (χ3n) is 29.0. The molecule has 824 valence electrons. The lowest BCUT2D eigenvalue weighted by molar-refractivity contribution is -0.170. The van der Waals surface area contributed by atoms with Crippen molar-refractivity contribution in [2.45, 2.75) is 375 Å². The number of carbonyl (C=O) groups excluding carboxylic acids is 14. The van der Waals surface area contributed by atoms with Gasteiger partial charge in [-0.25, -0.2) is 22.5 Å². The Kier molecular flexibility index (Phi) is 51.5. The highest BCUT2D eigenvalue weighted by Gasteiger charge is 2.48. The molecule has 6 unspecified atom stereocenters. The topological polar surface area (TPSA) is 335 Å². The van der Waals surface area contributed by atoms with Crippen LogP contribution in [0.15, 0.2) is 97.1 Å². The number of benzene rings is 4. The SMILES string of the molecule is CCCC1(OC(=O)CCC(C)=O)CCCN(C(=O)CCCCCN2C(=O)c3ccccc3C2=O)C1.CCCC1(OC(=O)CCC(C)=O)CCCN(CCCCCCN2C(=O)c3ccccc3C2=O)C1.[C-]#[N+]CCOP(OC1(CCC)CCCN(C(=O)CCCCCN2C(=O)c3ccccc3C2=O)C1)N(C(C)C)C(C)C.[C-]#[N+]CCOP(OC1(CCC)CCCN(CCCCCCN2C(=O)c3ccccc3C2=O)C1)N(C(C)C)C(C)C. The standard InChI is InChI=1S/C31H47N4O5P.C31H49N4O4P.C27H36N2O6.C27H38N2O5/c1-7-17-31(40-41(39-22-19-32-6)35(24(2)3)25(4)5)18-13-20-33(23-31)28(36)16-9-8-12-21-34-29(37)26-14-10-11-15-27(26)30(34)38;1-7-17-31(39-40(38-23-19-32-6)35(25(2)3)26(4)5)18-14-21-33(24-31)20-12-8-9-13-22-34-29(36)27-15-10-11-16-28(27)30(34)37;1-3-15-27(35-24(32)14-13-20(2)30)16-9-17-28(19-27)23(31)12-5-4-8-18-29-25(33)21-10-6-7-11-22(21)26(29)34;1-3-15-27(34-24(31)14-13-21(2)30)16-10-18-28(20-27)17-8-4-5-9-19-29-25(32)22-11-6-7-12-23(22)26(29)33/h10-11,14-15,24-25H,7-9,12-13,16-23H2,1-5H3;10-11,15-16,25-26H,7-9,12-14,17-24H2,1-5H3;6-7,10-11H,3-5,8-9,12-19H2,1-2H3;6-7,11-12H,3-5,8-10,13-20H2,1-2H3. The summed E-state index contributed by atoms with van der Waals surface area (Å²) in [6, 6.07) is 28.9. The van der Waals surface area contributed by atoms with Crippen molar-refractivity contribution in [3.8, 4) is 0 Å². The molecular formula is C116H170N12O20P2. The summed E-state index contributed by atoms with van der Waals surface area (Å²) < 4.78 is 42.7. The predicted molar refractivity (Wildman–Crippen MR) is 582 cm³/mol. The first-order valence-electron chi connectivity index (χ1n) is 55.7. The van der Waals surface area contributed by atoms with Gasteiger partial charge < -0.3 is 61.5 Å². The van der Waals surface area contributed by atoms with Gasteiger partial charge in [0.15, 0.2) is 0 Å². The van der Waals surface area contributed by atoms with Crippen LogP contribution in [0.5, 0.6) is 0 Å². The lowest BCUT2D eigenvalue weighted by Gasteiger charge is -2.46. The van der Waals surface area contributed by atoms with Gasteiger partial charge in [-0.2, -0.15) is 0 Å². The maximum Gasteiger partial charge on any atom is 0.306 e. The molecule has 0 N–H and O–H groups in total. The smallest absolute Gasteiger partial charge is 0.306 e. The molecule has 0 saturated carbocycles. The number of hydrogen-bond donors (Lipinski definition) is 0. The molecule has 4 saturated heterocycles. The number of ether oxygens (including phenoxy) is 2. The second-order valence-corrected chi connectivity index (χ2v) is 45.3. The molecule has 0 aliphatic carbocycles. The third-order valence-corrected chi connectivity index (χ3v) is 33.5. The maximum absolute atomic E-state index is 13.3.